The van der Waals surface area contributed by atoms with Gasteiger partial charge in [-0.3, -0.25) is 0 Å². The van der Waals surface area contributed by atoms with Crippen LogP contribution in [0.25, 0.3) is 0 Å². The average molecular weight is 263 g/mol. The summed E-state index contributed by atoms with van der Waals surface area (Å²) in [6.45, 7) is 14.0. The molecular formula is C17H29NO. The van der Waals surface area contributed by atoms with Crippen molar-refractivity contribution in [3.63, 3.8) is 0 Å². The molecule has 0 radical (unpaired) electrons. The molecule has 0 aliphatic carbocycles. The summed E-state index contributed by atoms with van der Waals surface area (Å²) in [7, 11) is 0. The van der Waals surface area contributed by atoms with Crippen LogP contribution in [0.1, 0.15) is 58.1 Å². The predicted molar refractivity (Wildman–Crippen MR) is 83.1 cm³/mol. The van der Waals surface area contributed by atoms with Crippen LogP contribution < -0.4 is 10.1 Å². The van der Waals surface area contributed by atoms with E-state index in [1.807, 2.05) is 0 Å². The van der Waals surface area contributed by atoms with E-state index in [4.69, 9.17) is 4.74 Å². The van der Waals surface area contributed by atoms with Crippen LogP contribution in [0.4, 0.5) is 0 Å². The molecule has 1 aromatic carbocycles. The second-order valence-electron chi connectivity index (χ2n) is 5.88. The third kappa shape index (κ3) is 5.65. The molecule has 1 N–H and O–H groups in total. The van der Waals surface area contributed by atoms with Gasteiger partial charge in [0.25, 0.3) is 0 Å². The molecule has 0 bridgehead atoms. The van der Waals surface area contributed by atoms with E-state index >= 15 is 0 Å². The molecule has 19 heavy (non-hydrogen) atoms. The SMILES string of the molecule is CCC(C)NCC(C)Oc1cc(C)cc(C(C)C)c1. The van der Waals surface area contributed by atoms with Gasteiger partial charge in [0.1, 0.15) is 11.9 Å². The fraction of sp³-hybridized carbons (Fsp3) is 0.647. The summed E-state index contributed by atoms with van der Waals surface area (Å²) in [5.74, 6) is 1.53. The lowest BCUT2D eigenvalue weighted by Crippen LogP contribution is -2.34. The van der Waals surface area contributed by atoms with Crippen molar-refractivity contribution in [3.8, 4) is 5.75 Å². The van der Waals surface area contributed by atoms with Crippen molar-refractivity contribution in [3.05, 3.63) is 29.3 Å². The third-order valence-electron chi connectivity index (χ3n) is 3.44. The maximum atomic E-state index is 6.02. The van der Waals surface area contributed by atoms with Gasteiger partial charge >= 0.3 is 0 Å². The highest BCUT2D eigenvalue weighted by Crippen LogP contribution is 2.23. The average Bonchev–Trinajstić information content (AvgIpc) is 2.35. The molecule has 2 atom stereocenters. The van der Waals surface area contributed by atoms with Gasteiger partial charge < -0.3 is 10.1 Å². The van der Waals surface area contributed by atoms with Crippen LogP contribution in [-0.4, -0.2) is 18.7 Å². The number of ether oxygens (including phenoxy) is 1. The zero-order chi connectivity index (χ0) is 14.4. The summed E-state index contributed by atoms with van der Waals surface area (Å²) in [6.07, 6.45) is 1.34. The maximum absolute atomic E-state index is 6.02. The minimum absolute atomic E-state index is 0.191. The summed E-state index contributed by atoms with van der Waals surface area (Å²) >= 11 is 0. The molecule has 108 valence electrons. The monoisotopic (exact) mass is 263 g/mol. The normalized spacial score (nSPS) is 14.5. The van der Waals surface area contributed by atoms with Crippen LogP contribution in [0.2, 0.25) is 0 Å². The van der Waals surface area contributed by atoms with Gasteiger partial charge in [-0.1, -0.05) is 26.8 Å². The number of hydrogen-bond donors (Lipinski definition) is 1. The molecule has 0 heterocycles. The van der Waals surface area contributed by atoms with Crippen LogP contribution >= 0.6 is 0 Å². The van der Waals surface area contributed by atoms with Gasteiger partial charge in [0.05, 0.1) is 0 Å². The van der Waals surface area contributed by atoms with Crippen LogP contribution in [0.15, 0.2) is 18.2 Å². The molecule has 2 heteroatoms. The van der Waals surface area contributed by atoms with Crippen LogP contribution in [0, 0.1) is 6.92 Å². The molecule has 0 spiro atoms. The molecule has 0 saturated carbocycles. The molecule has 0 aromatic heterocycles. The van der Waals surface area contributed by atoms with Gasteiger partial charge in [-0.2, -0.15) is 0 Å². The van der Waals surface area contributed by atoms with E-state index in [2.05, 4.69) is 65.1 Å². The Bertz CT molecular complexity index is 387. The lowest BCUT2D eigenvalue weighted by atomic mass is 10.0. The number of nitrogens with one attached hydrogen (secondary N) is 1. The smallest absolute Gasteiger partial charge is 0.120 e. The van der Waals surface area contributed by atoms with E-state index in [0.29, 0.717) is 12.0 Å². The van der Waals surface area contributed by atoms with Crippen LogP contribution in [0.5, 0.6) is 5.75 Å². The first-order valence-electron chi connectivity index (χ1n) is 7.44. The molecule has 0 aliphatic rings. The fourth-order valence-corrected chi connectivity index (χ4v) is 1.96. The van der Waals surface area contributed by atoms with E-state index in [9.17, 15) is 0 Å². The lowest BCUT2D eigenvalue weighted by molar-refractivity contribution is 0.211. The first-order valence-corrected chi connectivity index (χ1v) is 7.44. The van der Waals surface area contributed by atoms with E-state index in [-0.39, 0.29) is 6.10 Å². The quantitative estimate of drug-likeness (QED) is 0.793. The second kappa shape index (κ2) is 7.54. The second-order valence-corrected chi connectivity index (χ2v) is 5.88. The van der Waals surface area contributed by atoms with Gasteiger partial charge in [-0.15, -0.1) is 0 Å². The maximum Gasteiger partial charge on any atom is 0.120 e. The Labute approximate surface area is 118 Å². The minimum Gasteiger partial charge on any atom is -0.489 e. The molecular weight excluding hydrogens is 234 g/mol. The Hall–Kier alpha value is -1.02. The largest absolute Gasteiger partial charge is 0.489 e. The Morgan fingerprint density at radius 3 is 2.37 bits per heavy atom. The molecule has 2 nitrogen and oxygen atoms in total. The molecule has 0 aliphatic heterocycles. The van der Waals surface area contributed by atoms with Gasteiger partial charge in [0.15, 0.2) is 0 Å². The topological polar surface area (TPSA) is 21.3 Å². The summed E-state index contributed by atoms with van der Waals surface area (Å²) in [5, 5.41) is 3.48. The van der Waals surface area contributed by atoms with E-state index < -0.39 is 0 Å². The highest BCUT2D eigenvalue weighted by molar-refractivity contribution is 5.35. The molecule has 1 aromatic rings. The first-order chi connectivity index (χ1) is 8.92. The van der Waals surface area contributed by atoms with Gasteiger partial charge in [0, 0.05) is 12.6 Å². The molecule has 1 rings (SSSR count). The van der Waals surface area contributed by atoms with Crippen molar-refractivity contribution >= 4 is 0 Å². The highest BCUT2D eigenvalue weighted by Gasteiger charge is 2.08. The van der Waals surface area contributed by atoms with Crippen LogP contribution in [-0.2, 0) is 0 Å². The van der Waals surface area contributed by atoms with Crippen LogP contribution in [0.3, 0.4) is 0 Å². The summed E-state index contributed by atoms with van der Waals surface area (Å²) in [6, 6.07) is 7.07. The zero-order valence-electron chi connectivity index (χ0n) is 13.3. The van der Waals surface area contributed by atoms with Crippen molar-refractivity contribution < 1.29 is 4.74 Å². The van der Waals surface area contributed by atoms with Crippen molar-refractivity contribution in [1.82, 2.24) is 5.32 Å². The molecule has 0 fully saturated rings. The Kier molecular flexibility index (Phi) is 6.36. The first kappa shape index (κ1) is 16.0. The number of benzene rings is 1. The van der Waals surface area contributed by atoms with Gasteiger partial charge in [0.2, 0.25) is 0 Å². The number of aryl methyl sites for hydroxylation is 1. The van der Waals surface area contributed by atoms with Crippen molar-refractivity contribution in [1.29, 1.82) is 0 Å². The van der Waals surface area contributed by atoms with Gasteiger partial charge in [-0.25, -0.2) is 0 Å². The summed E-state index contributed by atoms with van der Waals surface area (Å²) in [4.78, 5) is 0. The predicted octanol–water partition coefficient (Wildman–Crippen LogP) is 4.27. The number of hydrogen-bond acceptors (Lipinski definition) is 2. The van der Waals surface area contributed by atoms with Gasteiger partial charge in [-0.05, 0) is 56.4 Å². The molecule has 0 amide bonds. The van der Waals surface area contributed by atoms with E-state index in [1.54, 1.807) is 0 Å². The van der Waals surface area contributed by atoms with Crippen molar-refractivity contribution in [2.45, 2.75) is 66.0 Å². The van der Waals surface area contributed by atoms with E-state index in [0.717, 1.165) is 18.7 Å². The Morgan fingerprint density at radius 2 is 1.79 bits per heavy atom. The Balaban J connectivity index is 2.61. The molecule has 0 saturated heterocycles. The summed E-state index contributed by atoms with van der Waals surface area (Å²) in [5.41, 5.74) is 2.61. The Morgan fingerprint density at radius 1 is 1.11 bits per heavy atom. The minimum atomic E-state index is 0.191. The zero-order valence-corrected chi connectivity index (χ0v) is 13.3. The lowest BCUT2D eigenvalue weighted by Gasteiger charge is -2.19. The third-order valence-corrected chi connectivity index (χ3v) is 3.44. The fourth-order valence-electron chi connectivity index (χ4n) is 1.96. The highest BCUT2D eigenvalue weighted by atomic mass is 16.5. The summed E-state index contributed by atoms with van der Waals surface area (Å²) < 4.78 is 6.02. The van der Waals surface area contributed by atoms with Crippen molar-refractivity contribution in [2.24, 2.45) is 0 Å². The van der Waals surface area contributed by atoms with Crippen molar-refractivity contribution in [2.75, 3.05) is 6.54 Å². The van der Waals surface area contributed by atoms with E-state index in [1.165, 1.54) is 11.1 Å². The molecule has 2 unspecified atom stereocenters. The standard InChI is InChI=1S/C17H29NO/c1-7-14(5)18-11-15(6)19-17-9-13(4)8-16(10-17)12(2)3/h8-10,12,14-15,18H,7,11H2,1-6H3. The number of rotatable bonds is 7.